The molecule has 26 heavy (non-hydrogen) atoms. The van der Waals surface area contributed by atoms with Crippen LogP contribution in [0.15, 0.2) is 24.3 Å². The fraction of sp³-hybridized carbons (Fsp3) is 0.556. The third-order valence-electron chi connectivity index (χ3n) is 4.30. The van der Waals surface area contributed by atoms with Gasteiger partial charge in [-0.3, -0.25) is 9.59 Å². The Kier molecular flexibility index (Phi) is 7.37. The lowest BCUT2D eigenvalue weighted by Crippen LogP contribution is -2.48. The molecule has 0 bridgehead atoms. The molecule has 2 N–H and O–H groups in total. The van der Waals surface area contributed by atoms with Gasteiger partial charge in [-0.05, 0) is 37.5 Å². The predicted molar refractivity (Wildman–Crippen MR) is 97.1 cm³/mol. The SMILES string of the molecule is Cc1cccc(NC(=O)CSCC(=O)NC2CCCCC2C(F)(F)F)c1. The lowest BCUT2D eigenvalue weighted by atomic mass is 9.84. The highest BCUT2D eigenvalue weighted by Crippen LogP contribution is 2.37. The first-order valence-corrected chi connectivity index (χ1v) is 9.71. The van der Waals surface area contributed by atoms with Crippen molar-refractivity contribution in [3.05, 3.63) is 29.8 Å². The zero-order valence-corrected chi connectivity index (χ0v) is 15.4. The number of hydrogen-bond acceptors (Lipinski definition) is 3. The van der Waals surface area contributed by atoms with Crippen molar-refractivity contribution in [2.45, 2.75) is 44.8 Å². The Morgan fingerprint density at radius 1 is 1.15 bits per heavy atom. The highest BCUT2D eigenvalue weighted by molar-refractivity contribution is 8.00. The van der Waals surface area contributed by atoms with Crippen LogP contribution in [0.2, 0.25) is 0 Å². The van der Waals surface area contributed by atoms with Gasteiger partial charge in [0.15, 0.2) is 0 Å². The highest BCUT2D eigenvalue weighted by Gasteiger charge is 2.45. The van der Waals surface area contributed by atoms with Crippen LogP contribution in [0, 0.1) is 12.8 Å². The number of anilines is 1. The van der Waals surface area contributed by atoms with Crippen molar-refractivity contribution < 1.29 is 22.8 Å². The van der Waals surface area contributed by atoms with Gasteiger partial charge in [-0.25, -0.2) is 0 Å². The molecule has 1 fully saturated rings. The Morgan fingerprint density at radius 3 is 2.54 bits per heavy atom. The van der Waals surface area contributed by atoms with Crippen molar-refractivity contribution in [2.24, 2.45) is 5.92 Å². The fourth-order valence-corrected chi connectivity index (χ4v) is 3.73. The zero-order chi connectivity index (χ0) is 19.2. The van der Waals surface area contributed by atoms with Gasteiger partial charge in [-0.15, -0.1) is 11.8 Å². The second-order valence-corrected chi connectivity index (χ2v) is 7.50. The number of aryl methyl sites for hydroxylation is 1. The standard InChI is InChI=1S/C18H23F3N2O2S/c1-12-5-4-6-13(9-12)22-16(24)10-26-11-17(25)23-15-8-3-2-7-14(15)18(19,20)21/h4-6,9,14-15H,2-3,7-8,10-11H2,1H3,(H,22,24)(H,23,25). The van der Waals surface area contributed by atoms with Crippen molar-refractivity contribution in [1.29, 1.82) is 0 Å². The molecule has 2 rings (SSSR count). The van der Waals surface area contributed by atoms with Gasteiger partial charge >= 0.3 is 6.18 Å². The van der Waals surface area contributed by atoms with Crippen molar-refractivity contribution >= 4 is 29.3 Å². The Labute approximate surface area is 155 Å². The molecule has 1 aliphatic rings. The summed E-state index contributed by atoms with van der Waals surface area (Å²) >= 11 is 1.08. The lowest BCUT2D eigenvalue weighted by molar-refractivity contribution is -0.189. The summed E-state index contributed by atoms with van der Waals surface area (Å²) in [5, 5.41) is 5.22. The second kappa shape index (κ2) is 9.30. The van der Waals surface area contributed by atoms with Gasteiger partial charge in [0.2, 0.25) is 11.8 Å². The van der Waals surface area contributed by atoms with Crippen LogP contribution in [0.3, 0.4) is 0 Å². The number of carbonyl (C=O) groups excluding carboxylic acids is 2. The molecule has 2 unspecified atom stereocenters. The summed E-state index contributed by atoms with van der Waals surface area (Å²) in [7, 11) is 0. The van der Waals surface area contributed by atoms with Crippen LogP contribution in [0.5, 0.6) is 0 Å². The summed E-state index contributed by atoms with van der Waals surface area (Å²) < 4.78 is 39.1. The number of nitrogens with one attached hydrogen (secondary N) is 2. The number of benzene rings is 1. The number of rotatable bonds is 6. The molecule has 1 aromatic carbocycles. The molecule has 1 aromatic rings. The maximum absolute atomic E-state index is 13.0. The van der Waals surface area contributed by atoms with E-state index in [0.29, 0.717) is 24.9 Å². The second-order valence-electron chi connectivity index (χ2n) is 6.52. The molecular weight excluding hydrogens is 365 g/mol. The van der Waals surface area contributed by atoms with E-state index in [1.807, 2.05) is 25.1 Å². The third-order valence-corrected chi connectivity index (χ3v) is 5.23. The van der Waals surface area contributed by atoms with E-state index in [0.717, 1.165) is 17.3 Å². The van der Waals surface area contributed by atoms with Crippen LogP contribution in [-0.2, 0) is 9.59 Å². The Hall–Kier alpha value is -1.70. The number of carbonyl (C=O) groups is 2. The minimum atomic E-state index is -4.29. The molecule has 1 aliphatic carbocycles. The van der Waals surface area contributed by atoms with Crippen molar-refractivity contribution in [3.8, 4) is 0 Å². The van der Waals surface area contributed by atoms with Crippen LogP contribution >= 0.6 is 11.8 Å². The van der Waals surface area contributed by atoms with E-state index in [9.17, 15) is 22.8 Å². The van der Waals surface area contributed by atoms with Gasteiger partial charge in [0, 0.05) is 11.7 Å². The molecule has 0 saturated heterocycles. The molecule has 0 radical (unpaired) electrons. The van der Waals surface area contributed by atoms with E-state index >= 15 is 0 Å². The molecule has 0 aromatic heterocycles. The summed E-state index contributed by atoms with van der Waals surface area (Å²) in [5.74, 6) is -2.16. The minimum Gasteiger partial charge on any atom is -0.352 e. The number of alkyl halides is 3. The van der Waals surface area contributed by atoms with Crippen molar-refractivity contribution in [2.75, 3.05) is 16.8 Å². The van der Waals surface area contributed by atoms with E-state index in [1.54, 1.807) is 6.07 Å². The van der Waals surface area contributed by atoms with Crippen molar-refractivity contribution in [3.63, 3.8) is 0 Å². The number of thioether (sulfide) groups is 1. The largest absolute Gasteiger partial charge is 0.393 e. The monoisotopic (exact) mass is 388 g/mol. The fourth-order valence-electron chi connectivity index (χ4n) is 3.10. The average Bonchev–Trinajstić information content (AvgIpc) is 2.54. The molecule has 8 heteroatoms. The molecule has 1 saturated carbocycles. The van der Waals surface area contributed by atoms with Crippen LogP contribution < -0.4 is 10.6 Å². The first-order chi connectivity index (χ1) is 12.3. The Balaban J connectivity index is 1.73. The van der Waals surface area contributed by atoms with E-state index in [1.165, 1.54) is 0 Å². The first kappa shape index (κ1) is 20.6. The normalized spacial score (nSPS) is 20.5. The molecule has 0 heterocycles. The number of amides is 2. The van der Waals surface area contributed by atoms with Gasteiger partial charge in [0.25, 0.3) is 0 Å². The highest BCUT2D eigenvalue weighted by atomic mass is 32.2. The van der Waals surface area contributed by atoms with Crippen molar-refractivity contribution in [1.82, 2.24) is 5.32 Å². The Bertz CT molecular complexity index is 637. The van der Waals surface area contributed by atoms with E-state index < -0.39 is 24.0 Å². The molecule has 0 aliphatic heterocycles. The van der Waals surface area contributed by atoms with Gasteiger partial charge < -0.3 is 10.6 Å². The van der Waals surface area contributed by atoms with Gasteiger partial charge in [0.1, 0.15) is 0 Å². The topological polar surface area (TPSA) is 58.2 Å². The van der Waals surface area contributed by atoms with Crippen LogP contribution in [-0.4, -0.2) is 35.5 Å². The minimum absolute atomic E-state index is 0.0394. The van der Waals surface area contributed by atoms with Crippen LogP contribution in [0.25, 0.3) is 0 Å². The van der Waals surface area contributed by atoms with Gasteiger partial charge in [-0.2, -0.15) is 13.2 Å². The van der Waals surface area contributed by atoms with Gasteiger partial charge in [0.05, 0.1) is 17.4 Å². The first-order valence-electron chi connectivity index (χ1n) is 8.56. The lowest BCUT2D eigenvalue weighted by Gasteiger charge is -2.33. The third kappa shape index (κ3) is 6.55. The van der Waals surface area contributed by atoms with Crippen LogP contribution in [0.4, 0.5) is 18.9 Å². The smallest absolute Gasteiger partial charge is 0.352 e. The summed E-state index contributed by atoms with van der Waals surface area (Å²) in [5.41, 5.74) is 1.69. The summed E-state index contributed by atoms with van der Waals surface area (Å²) in [6.07, 6.45) is -2.68. The molecule has 2 atom stereocenters. The summed E-state index contributed by atoms with van der Waals surface area (Å²) in [6, 6.07) is 6.47. The summed E-state index contributed by atoms with van der Waals surface area (Å²) in [6.45, 7) is 1.91. The molecule has 4 nitrogen and oxygen atoms in total. The Morgan fingerprint density at radius 2 is 1.85 bits per heavy atom. The zero-order valence-electron chi connectivity index (χ0n) is 14.6. The predicted octanol–water partition coefficient (Wildman–Crippen LogP) is 3.90. The molecule has 144 valence electrons. The van der Waals surface area contributed by atoms with E-state index in [2.05, 4.69) is 10.6 Å². The average molecular weight is 388 g/mol. The van der Waals surface area contributed by atoms with Gasteiger partial charge in [-0.1, -0.05) is 25.0 Å². The number of halogens is 3. The van der Waals surface area contributed by atoms with E-state index in [4.69, 9.17) is 0 Å². The molecular formula is C18H23F3N2O2S. The van der Waals surface area contributed by atoms with E-state index in [-0.39, 0.29) is 23.8 Å². The summed E-state index contributed by atoms with van der Waals surface area (Å²) in [4.78, 5) is 23.8. The number of hydrogen-bond donors (Lipinski definition) is 2. The van der Waals surface area contributed by atoms with Crippen LogP contribution in [0.1, 0.15) is 31.2 Å². The maximum Gasteiger partial charge on any atom is 0.393 e. The maximum atomic E-state index is 13.0. The molecule has 2 amide bonds. The quantitative estimate of drug-likeness (QED) is 0.777. The molecule has 0 spiro atoms.